The second kappa shape index (κ2) is 8.04. The quantitative estimate of drug-likeness (QED) is 0.536. The molecule has 0 aliphatic rings. The van der Waals surface area contributed by atoms with E-state index in [1.807, 2.05) is 30.3 Å². The van der Waals surface area contributed by atoms with E-state index < -0.39 is 0 Å². The lowest BCUT2D eigenvalue weighted by molar-refractivity contribution is -0.141. The van der Waals surface area contributed by atoms with E-state index in [0.717, 1.165) is 5.56 Å². The van der Waals surface area contributed by atoms with Gasteiger partial charge >= 0.3 is 5.97 Å². The van der Waals surface area contributed by atoms with Crippen LogP contribution >= 0.6 is 0 Å². The molecule has 1 heterocycles. The number of ether oxygens (including phenoxy) is 2. The summed E-state index contributed by atoms with van der Waals surface area (Å²) in [6.07, 6.45) is 1.48. The van der Waals surface area contributed by atoms with Crippen molar-refractivity contribution in [2.45, 2.75) is 6.42 Å². The van der Waals surface area contributed by atoms with Gasteiger partial charge < -0.3 is 13.9 Å². The van der Waals surface area contributed by atoms with Crippen LogP contribution < -0.4 is 10.2 Å². The third kappa shape index (κ3) is 4.11. The number of benzene rings is 2. The molecule has 5 heteroatoms. The lowest BCUT2D eigenvalue weighted by Gasteiger charge is -2.01. The maximum atomic E-state index is 12.4. The van der Waals surface area contributed by atoms with Gasteiger partial charge in [-0.3, -0.25) is 9.59 Å². The Morgan fingerprint density at radius 3 is 2.73 bits per heavy atom. The van der Waals surface area contributed by atoms with Crippen molar-refractivity contribution < 1.29 is 18.7 Å². The summed E-state index contributed by atoms with van der Waals surface area (Å²) in [7, 11) is 1.54. The molecule has 0 saturated heterocycles. The zero-order valence-electron chi connectivity index (χ0n) is 14.2. The Hall–Kier alpha value is -3.52. The average molecular weight is 348 g/mol. The van der Waals surface area contributed by atoms with Gasteiger partial charge in [0.1, 0.15) is 23.2 Å². The zero-order valence-corrected chi connectivity index (χ0v) is 14.2. The third-order valence-electron chi connectivity index (χ3n) is 3.70. The van der Waals surface area contributed by atoms with E-state index >= 15 is 0 Å². The maximum absolute atomic E-state index is 12.4. The van der Waals surface area contributed by atoms with Crippen molar-refractivity contribution >= 4 is 16.9 Å². The summed E-state index contributed by atoms with van der Waals surface area (Å²) in [4.78, 5) is 24.1. The standard InChI is InChI=1S/C21H16O5/c1-24-17-9-10-18-19(13-17)26-14-16(21(18)23)8-5-11-25-20(22)12-15-6-3-2-4-7-15/h2-4,6-7,9-10,13-14H,11-12H2,1H3. The van der Waals surface area contributed by atoms with Crippen molar-refractivity contribution in [3.63, 3.8) is 0 Å². The first-order valence-electron chi connectivity index (χ1n) is 7.95. The normalized spacial score (nSPS) is 10.0. The molecule has 0 saturated carbocycles. The van der Waals surface area contributed by atoms with Gasteiger partial charge in [-0.1, -0.05) is 42.2 Å². The summed E-state index contributed by atoms with van der Waals surface area (Å²) in [5.74, 6) is 5.59. The minimum absolute atomic E-state index is 0.0915. The highest BCUT2D eigenvalue weighted by atomic mass is 16.5. The fourth-order valence-electron chi connectivity index (χ4n) is 2.38. The number of hydrogen-bond donors (Lipinski definition) is 0. The van der Waals surface area contributed by atoms with Crippen molar-refractivity contribution in [1.29, 1.82) is 0 Å². The molecular weight excluding hydrogens is 332 g/mol. The lowest BCUT2D eigenvalue weighted by Crippen LogP contribution is -2.08. The SMILES string of the molecule is COc1ccc2c(=O)c(C#CCOC(=O)Cc3ccccc3)coc2c1. The predicted molar refractivity (Wildman–Crippen MR) is 97.0 cm³/mol. The van der Waals surface area contributed by atoms with E-state index in [9.17, 15) is 9.59 Å². The highest BCUT2D eigenvalue weighted by Gasteiger charge is 2.06. The Kier molecular flexibility index (Phi) is 5.35. The van der Waals surface area contributed by atoms with Gasteiger partial charge in [0.15, 0.2) is 6.61 Å². The van der Waals surface area contributed by atoms with E-state index in [1.165, 1.54) is 13.4 Å². The molecule has 0 amide bonds. The van der Waals surface area contributed by atoms with Crippen molar-refractivity contribution in [2.24, 2.45) is 0 Å². The molecule has 0 aliphatic carbocycles. The summed E-state index contributed by atoms with van der Waals surface area (Å²) < 4.78 is 15.6. The van der Waals surface area contributed by atoms with Crippen LogP contribution in [-0.4, -0.2) is 19.7 Å². The van der Waals surface area contributed by atoms with E-state index in [0.29, 0.717) is 16.7 Å². The summed E-state index contributed by atoms with van der Waals surface area (Å²) in [5.41, 5.74) is 1.27. The van der Waals surface area contributed by atoms with Crippen LogP contribution in [0.4, 0.5) is 0 Å². The molecule has 3 aromatic rings. The molecule has 0 spiro atoms. The molecule has 2 aromatic carbocycles. The maximum Gasteiger partial charge on any atom is 0.311 e. The molecule has 0 fully saturated rings. The molecule has 26 heavy (non-hydrogen) atoms. The Balaban J connectivity index is 1.65. The van der Waals surface area contributed by atoms with Crippen molar-refractivity contribution in [1.82, 2.24) is 0 Å². The monoisotopic (exact) mass is 348 g/mol. The highest BCUT2D eigenvalue weighted by Crippen LogP contribution is 2.18. The van der Waals surface area contributed by atoms with Gasteiger partial charge in [-0.05, 0) is 17.7 Å². The Morgan fingerprint density at radius 2 is 1.96 bits per heavy atom. The molecular formula is C21H16O5. The molecule has 5 nitrogen and oxygen atoms in total. The third-order valence-corrected chi connectivity index (χ3v) is 3.70. The summed E-state index contributed by atoms with van der Waals surface area (Å²) in [5, 5.41) is 0.415. The number of esters is 1. The van der Waals surface area contributed by atoms with Crippen LogP contribution in [0.1, 0.15) is 11.1 Å². The van der Waals surface area contributed by atoms with Crippen LogP contribution in [0.25, 0.3) is 11.0 Å². The van der Waals surface area contributed by atoms with Crippen LogP contribution in [0.3, 0.4) is 0 Å². The van der Waals surface area contributed by atoms with E-state index in [1.54, 1.807) is 18.2 Å². The van der Waals surface area contributed by atoms with Crippen LogP contribution in [0.2, 0.25) is 0 Å². The van der Waals surface area contributed by atoms with E-state index in [-0.39, 0.29) is 30.0 Å². The van der Waals surface area contributed by atoms with Crippen LogP contribution in [0.5, 0.6) is 5.75 Å². The van der Waals surface area contributed by atoms with Gasteiger partial charge in [-0.15, -0.1) is 0 Å². The fraction of sp³-hybridized carbons (Fsp3) is 0.143. The van der Waals surface area contributed by atoms with Gasteiger partial charge in [0, 0.05) is 6.07 Å². The minimum Gasteiger partial charge on any atom is -0.497 e. The Bertz CT molecular complexity index is 1040. The highest BCUT2D eigenvalue weighted by molar-refractivity contribution is 5.79. The van der Waals surface area contributed by atoms with Gasteiger partial charge in [0.2, 0.25) is 5.43 Å². The second-order valence-corrected chi connectivity index (χ2v) is 5.47. The molecule has 130 valence electrons. The fourth-order valence-corrected chi connectivity index (χ4v) is 2.38. The number of carbonyl (C=O) groups excluding carboxylic acids is 1. The zero-order chi connectivity index (χ0) is 18.4. The van der Waals surface area contributed by atoms with Gasteiger partial charge in [0.05, 0.1) is 18.9 Å². The topological polar surface area (TPSA) is 65.7 Å². The number of fused-ring (bicyclic) bond motifs is 1. The van der Waals surface area contributed by atoms with Crippen molar-refractivity contribution in [2.75, 3.05) is 13.7 Å². The summed E-state index contributed by atoms with van der Waals surface area (Å²) in [6, 6.07) is 14.2. The van der Waals surface area contributed by atoms with Crippen molar-refractivity contribution in [3.05, 3.63) is 76.1 Å². The Morgan fingerprint density at radius 1 is 1.15 bits per heavy atom. The van der Waals surface area contributed by atoms with Gasteiger partial charge in [-0.25, -0.2) is 0 Å². The molecule has 3 rings (SSSR count). The number of rotatable bonds is 4. The molecule has 0 bridgehead atoms. The van der Waals surface area contributed by atoms with Crippen LogP contribution in [0, 0.1) is 11.8 Å². The summed E-state index contributed by atoms with van der Waals surface area (Å²) >= 11 is 0. The van der Waals surface area contributed by atoms with E-state index in [2.05, 4.69) is 11.8 Å². The molecule has 0 radical (unpaired) electrons. The first-order valence-corrected chi connectivity index (χ1v) is 7.95. The molecule has 0 N–H and O–H groups in total. The van der Waals surface area contributed by atoms with Gasteiger partial charge in [0.25, 0.3) is 0 Å². The molecule has 0 unspecified atom stereocenters. The minimum atomic E-state index is -0.372. The first kappa shape index (κ1) is 17.3. The predicted octanol–water partition coefficient (Wildman–Crippen LogP) is 2.94. The first-order chi connectivity index (χ1) is 12.7. The Labute approximate surface area is 150 Å². The second-order valence-electron chi connectivity index (χ2n) is 5.47. The van der Waals surface area contributed by atoms with E-state index in [4.69, 9.17) is 13.9 Å². The summed E-state index contributed by atoms with van der Waals surface area (Å²) in [6.45, 7) is -0.0915. The smallest absolute Gasteiger partial charge is 0.311 e. The molecule has 0 atom stereocenters. The van der Waals surface area contributed by atoms with Gasteiger partial charge in [-0.2, -0.15) is 0 Å². The molecule has 0 aliphatic heterocycles. The number of carbonyl (C=O) groups is 1. The van der Waals surface area contributed by atoms with Crippen molar-refractivity contribution in [3.8, 4) is 17.6 Å². The number of hydrogen-bond acceptors (Lipinski definition) is 5. The number of methoxy groups -OCH3 is 1. The lowest BCUT2D eigenvalue weighted by atomic mass is 10.1. The average Bonchev–Trinajstić information content (AvgIpc) is 2.67. The van der Waals surface area contributed by atoms with Crippen LogP contribution in [-0.2, 0) is 16.0 Å². The largest absolute Gasteiger partial charge is 0.497 e. The van der Waals surface area contributed by atoms with Crippen LogP contribution in [0.15, 0.2) is 64.0 Å². The molecule has 1 aromatic heterocycles.